The van der Waals surface area contributed by atoms with Gasteiger partial charge in [-0.05, 0) is 43.9 Å². The molecular weight excluding hydrogens is 392 g/mol. The first-order chi connectivity index (χ1) is 13.9. The SMILES string of the molecule is COc1ccc2c(=O)c3c(oc2c1)C(=O)N(CCN(C)C)[C@H]3c1ccc(Cl)cc1. The van der Waals surface area contributed by atoms with E-state index in [0.29, 0.717) is 40.4 Å². The summed E-state index contributed by atoms with van der Waals surface area (Å²) in [5.41, 5.74) is 1.32. The molecule has 1 aromatic heterocycles. The number of fused-ring (bicyclic) bond motifs is 2. The third-order valence-electron chi connectivity index (χ3n) is 5.15. The van der Waals surface area contributed by atoms with Crippen LogP contribution in [0, 0.1) is 0 Å². The minimum Gasteiger partial charge on any atom is -0.497 e. The summed E-state index contributed by atoms with van der Waals surface area (Å²) in [7, 11) is 5.42. The average Bonchev–Trinajstić information content (AvgIpc) is 2.99. The third-order valence-corrected chi connectivity index (χ3v) is 5.40. The number of carbonyl (C=O) groups excluding carboxylic acids is 1. The van der Waals surface area contributed by atoms with Crippen LogP contribution in [0.2, 0.25) is 5.02 Å². The molecule has 0 aliphatic carbocycles. The van der Waals surface area contributed by atoms with Crippen molar-refractivity contribution in [1.82, 2.24) is 9.80 Å². The lowest BCUT2D eigenvalue weighted by Crippen LogP contribution is -2.35. The molecule has 1 atom stereocenters. The molecule has 7 heteroatoms. The second-order valence-corrected chi connectivity index (χ2v) is 7.73. The van der Waals surface area contributed by atoms with Gasteiger partial charge in [-0.15, -0.1) is 0 Å². The van der Waals surface area contributed by atoms with Gasteiger partial charge in [0.2, 0.25) is 5.76 Å². The molecule has 0 spiro atoms. The predicted molar refractivity (Wildman–Crippen MR) is 112 cm³/mol. The Hall–Kier alpha value is -2.83. The highest BCUT2D eigenvalue weighted by molar-refractivity contribution is 6.30. The molecule has 0 N–H and O–H groups in total. The first-order valence-electron chi connectivity index (χ1n) is 9.26. The van der Waals surface area contributed by atoms with Crippen molar-refractivity contribution in [2.75, 3.05) is 34.3 Å². The smallest absolute Gasteiger partial charge is 0.290 e. The standard InChI is InChI=1S/C22H21ClN2O4/c1-24(2)10-11-25-19(13-4-6-14(23)7-5-13)18-20(26)16-9-8-15(28-3)12-17(16)29-21(18)22(25)27/h4-9,12,19H,10-11H2,1-3H3/t19-/m0/s1. The molecule has 2 heterocycles. The second-order valence-electron chi connectivity index (χ2n) is 7.29. The fourth-order valence-electron chi connectivity index (χ4n) is 3.66. The molecule has 2 aromatic carbocycles. The summed E-state index contributed by atoms with van der Waals surface area (Å²) in [5.74, 6) is 0.364. The van der Waals surface area contributed by atoms with E-state index in [1.54, 1.807) is 35.2 Å². The van der Waals surface area contributed by atoms with Crippen LogP contribution in [0.4, 0.5) is 0 Å². The van der Waals surface area contributed by atoms with Crippen LogP contribution in [0.5, 0.6) is 5.75 Å². The molecule has 4 rings (SSSR count). The fraction of sp³-hybridized carbons (Fsp3) is 0.273. The molecule has 6 nitrogen and oxygen atoms in total. The van der Waals surface area contributed by atoms with Crippen molar-refractivity contribution in [3.63, 3.8) is 0 Å². The molecule has 0 bridgehead atoms. The van der Waals surface area contributed by atoms with Gasteiger partial charge in [0.05, 0.1) is 24.1 Å². The minimum absolute atomic E-state index is 0.0921. The number of hydrogen-bond donors (Lipinski definition) is 0. The number of carbonyl (C=O) groups is 1. The van der Waals surface area contributed by atoms with Gasteiger partial charge in [-0.2, -0.15) is 0 Å². The molecular formula is C22H21ClN2O4. The van der Waals surface area contributed by atoms with E-state index >= 15 is 0 Å². The van der Waals surface area contributed by atoms with E-state index in [1.807, 2.05) is 31.1 Å². The van der Waals surface area contributed by atoms with Crippen molar-refractivity contribution in [3.05, 3.63) is 74.6 Å². The molecule has 1 aliphatic rings. The van der Waals surface area contributed by atoms with Gasteiger partial charge in [-0.3, -0.25) is 9.59 Å². The Morgan fingerprint density at radius 1 is 1.14 bits per heavy atom. The maximum atomic E-state index is 13.4. The fourth-order valence-corrected chi connectivity index (χ4v) is 3.78. The molecule has 0 fully saturated rings. The zero-order valence-electron chi connectivity index (χ0n) is 16.4. The highest BCUT2D eigenvalue weighted by Gasteiger charge is 2.42. The van der Waals surface area contributed by atoms with Crippen molar-refractivity contribution in [3.8, 4) is 5.75 Å². The maximum Gasteiger partial charge on any atom is 0.290 e. The van der Waals surface area contributed by atoms with Gasteiger partial charge in [0.15, 0.2) is 5.43 Å². The van der Waals surface area contributed by atoms with Gasteiger partial charge in [-0.25, -0.2) is 0 Å². The van der Waals surface area contributed by atoms with Gasteiger partial charge < -0.3 is 19.0 Å². The topological polar surface area (TPSA) is 63.0 Å². The van der Waals surface area contributed by atoms with Crippen molar-refractivity contribution in [1.29, 1.82) is 0 Å². The van der Waals surface area contributed by atoms with Crippen molar-refractivity contribution in [2.45, 2.75) is 6.04 Å². The third kappa shape index (κ3) is 3.39. The van der Waals surface area contributed by atoms with Gasteiger partial charge in [0, 0.05) is 24.2 Å². The molecule has 0 radical (unpaired) electrons. The highest BCUT2D eigenvalue weighted by Crippen LogP contribution is 2.38. The normalized spacial score (nSPS) is 16.0. The molecule has 1 aliphatic heterocycles. The lowest BCUT2D eigenvalue weighted by Gasteiger charge is -2.26. The van der Waals surface area contributed by atoms with Crippen LogP contribution in [0.25, 0.3) is 11.0 Å². The summed E-state index contributed by atoms with van der Waals surface area (Å²) >= 11 is 6.04. The number of ether oxygens (including phenoxy) is 1. The number of nitrogens with zero attached hydrogens (tertiary/aromatic N) is 2. The summed E-state index contributed by atoms with van der Waals surface area (Å²) in [6, 6.07) is 11.7. The Morgan fingerprint density at radius 2 is 1.86 bits per heavy atom. The van der Waals surface area contributed by atoms with Gasteiger partial charge in [0.25, 0.3) is 5.91 Å². The van der Waals surface area contributed by atoms with Crippen LogP contribution in [0.1, 0.15) is 27.7 Å². The summed E-state index contributed by atoms with van der Waals surface area (Å²) in [6.45, 7) is 1.12. The van der Waals surface area contributed by atoms with Crippen LogP contribution in [-0.4, -0.2) is 50.0 Å². The minimum atomic E-state index is -0.516. The first-order valence-corrected chi connectivity index (χ1v) is 9.64. The Kier molecular flexibility index (Phi) is 5.06. The predicted octanol–water partition coefficient (Wildman–Crippen LogP) is 3.56. The first kappa shape index (κ1) is 19.5. The molecule has 0 saturated carbocycles. The highest BCUT2D eigenvalue weighted by atomic mass is 35.5. The zero-order valence-corrected chi connectivity index (χ0v) is 17.2. The summed E-state index contributed by atoms with van der Waals surface area (Å²) in [4.78, 5) is 30.3. The van der Waals surface area contributed by atoms with E-state index in [-0.39, 0.29) is 17.1 Å². The molecule has 3 aromatic rings. The van der Waals surface area contributed by atoms with E-state index in [9.17, 15) is 9.59 Å². The monoisotopic (exact) mass is 412 g/mol. The van der Waals surface area contributed by atoms with Crippen LogP contribution >= 0.6 is 11.6 Å². The van der Waals surface area contributed by atoms with Gasteiger partial charge in [-0.1, -0.05) is 23.7 Å². The Bertz CT molecular complexity index is 1140. The number of amides is 1. The lowest BCUT2D eigenvalue weighted by molar-refractivity contribution is 0.0716. The Labute approximate surface area is 173 Å². The summed E-state index contributed by atoms with van der Waals surface area (Å²) in [6.07, 6.45) is 0. The number of likely N-dealkylation sites (N-methyl/N-ethyl adjacent to an activating group) is 1. The molecule has 1 amide bonds. The molecule has 29 heavy (non-hydrogen) atoms. The van der Waals surface area contributed by atoms with Gasteiger partial charge >= 0.3 is 0 Å². The number of hydrogen-bond acceptors (Lipinski definition) is 5. The van der Waals surface area contributed by atoms with E-state index in [1.165, 1.54) is 7.11 Å². The maximum absolute atomic E-state index is 13.4. The molecule has 0 unspecified atom stereocenters. The summed E-state index contributed by atoms with van der Waals surface area (Å²) < 4.78 is 11.2. The second kappa shape index (κ2) is 7.54. The lowest BCUT2D eigenvalue weighted by atomic mass is 9.98. The Balaban J connectivity index is 1.92. The number of methoxy groups -OCH3 is 1. The molecule has 150 valence electrons. The van der Waals surface area contributed by atoms with E-state index < -0.39 is 6.04 Å². The quantitative estimate of drug-likeness (QED) is 0.641. The number of halogens is 1. The van der Waals surface area contributed by atoms with Crippen LogP contribution < -0.4 is 10.2 Å². The largest absolute Gasteiger partial charge is 0.497 e. The number of rotatable bonds is 5. The Morgan fingerprint density at radius 3 is 2.52 bits per heavy atom. The van der Waals surface area contributed by atoms with Crippen LogP contribution in [0.15, 0.2) is 51.7 Å². The van der Waals surface area contributed by atoms with Gasteiger partial charge in [0.1, 0.15) is 11.3 Å². The van der Waals surface area contributed by atoms with E-state index in [2.05, 4.69) is 0 Å². The van der Waals surface area contributed by atoms with E-state index in [0.717, 1.165) is 5.56 Å². The zero-order chi connectivity index (χ0) is 20.7. The number of benzene rings is 2. The molecule has 0 saturated heterocycles. The van der Waals surface area contributed by atoms with E-state index in [4.69, 9.17) is 20.8 Å². The van der Waals surface area contributed by atoms with Crippen molar-refractivity contribution < 1.29 is 13.9 Å². The van der Waals surface area contributed by atoms with Crippen LogP contribution in [-0.2, 0) is 0 Å². The van der Waals surface area contributed by atoms with Crippen molar-refractivity contribution in [2.24, 2.45) is 0 Å². The summed E-state index contributed by atoms with van der Waals surface area (Å²) in [5, 5.41) is 1.02. The van der Waals surface area contributed by atoms with Crippen molar-refractivity contribution >= 4 is 28.5 Å². The average molecular weight is 413 g/mol. The van der Waals surface area contributed by atoms with Crippen LogP contribution in [0.3, 0.4) is 0 Å².